The van der Waals surface area contributed by atoms with Gasteiger partial charge in [-0.15, -0.1) is 0 Å². The summed E-state index contributed by atoms with van der Waals surface area (Å²) in [6, 6.07) is 0. The van der Waals surface area contributed by atoms with Crippen LogP contribution < -0.4 is 5.32 Å². The number of amides is 1. The van der Waals surface area contributed by atoms with Gasteiger partial charge in [-0.25, -0.2) is 0 Å². The molecule has 3 aliphatic rings. The number of ether oxygens (including phenoxy) is 1. The molecule has 3 nitrogen and oxygen atoms in total. The number of carbonyl (C=O) groups excluding carboxylic acids is 1. The van der Waals surface area contributed by atoms with Crippen LogP contribution in [0.5, 0.6) is 0 Å². The molecule has 2 aliphatic heterocycles. The molecule has 0 unspecified atom stereocenters. The van der Waals surface area contributed by atoms with Crippen molar-refractivity contribution >= 4 is 5.91 Å². The topological polar surface area (TPSA) is 38.3 Å². The number of carbonyl (C=O) groups is 1. The first kappa shape index (κ1) is 6.89. The lowest BCUT2D eigenvalue weighted by Crippen LogP contribution is -2.41. The summed E-state index contributed by atoms with van der Waals surface area (Å²) in [5.74, 6) is 0.807. The summed E-state index contributed by atoms with van der Waals surface area (Å²) in [4.78, 5) is 11.6. The van der Waals surface area contributed by atoms with Gasteiger partial charge in [0.2, 0.25) is 5.91 Å². The van der Waals surface area contributed by atoms with Crippen LogP contribution in [0.2, 0.25) is 0 Å². The van der Waals surface area contributed by atoms with Gasteiger partial charge in [0.1, 0.15) is 0 Å². The van der Waals surface area contributed by atoms with Crippen molar-refractivity contribution in [3.05, 3.63) is 0 Å². The van der Waals surface area contributed by atoms with E-state index in [1.807, 2.05) is 0 Å². The second-order valence-electron chi connectivity index (χ2n) is 4.09. The molecular formula is C9H13NO2. The van der Waals surface area contributed by atoms with Crippen LogP contribution in [0, 0.1) is 11.3 Å². The Labute approximate surface area is 71.5 Å². The van der Waals surface area contributed by atoms with Gasteiger partial charge in [0.05, 0.1) is 11.5 Å². The van der Waals surface area contributed by atoms with Crippen LogP contribution in [0.25, 0.3) is 0 Å². The number of nitrogens with one attached hydrogen (secondary N) is 1. The van der Waals surface area contributed by atoms with Crippen molar-refractivity contribution in [2.24, 2.45) is 11.3 Å². The standard InChI is InChI=1S/C9H13NO2/c11-8-9(3-1-4-10-8)6-2-5-12-7(6)9/h6-7H,1-5H2,(H,10,11)/t6-,7+,9+/m0/s1. The SMILES string of the molecule is O=C1NCCC[C@@]12[C@@H]1OCC[C@@H]12. The lowest BCUT2D eigenvalue weighted by Gasteiger charge is -2.24. The Morgan fingerprint density at radius 2 is 2.50 bits per heavy atom. The predicted molar refractivity (Wildman–Crippen MR) is 42.5 cm³/mol. The van der Waals surface area contributed by atoms with Gasteiger partial charge in [0.15, 0.2) is 0 Å². The van der Waals surface area contributed by atoms with E-state index < -0.39 is 0 Å². The second-order valence-corrected chi connectivity index (χ2v) is 4.09. The highest BCUT2D eigenvalue weighted by Crippen LogP contribution is 2.63. The summed E-state index contributed by atoms with van der Waals surface area (Å²) < 4.78 is 5.53. The molecule has 66 valence electrons. The Balaban J connectivity index is 1.87. The van der Waals surface area contributed by atoms with E-state index >= 15 is 0 Å². The molecule has 2 saturated heterocycles. The van der Waals surface area contributed by atoms with Crippen molar-refractivity contribution in [3.63, 3.8) is 0 Å². The molecule has 3 atom stereocenters. The van der Waals surface area contributed by atoms with Crippen LogP contribution in [0.15, 0.2) is 0 Å². The van der Waals surface area contributed by atoms with Crippen LogP contribution in [-0.4, -0.2) is 25.2 Å². The summed E-state index contributed by atoms with van der Waals surface area (Å²) in [7, 11) is 0. The fourth-order valence-electron chi connectivity index (χ4n) is 2.96. The maximum Gasteiger partial charge on any atom is 0.229 e. The van der Waals surface area contributed by atoms with Gasteiger partial charge in [0.25, 0.3) is 0 Å². The maximum absolute atomic E-state index is 11.6. The smallest absolute Gasteiger partial charge is 0.229 e. The number of piperidine rings is 1. The molecule has 3 fully saturated rings. The molecule has 1 saturated carbocycles. The average Bonchev–Trinajstić information content (AvgIpc) is 2.48. The van der Waals surface area contributed by atoms with E-state index in [1.54, 1.807) is 0 Å². The van der Waals surface area contributed by atoms with Crippen molar-refractivity contribution < 1.29 is 9.53 Å². The van der Waals surface area contributed by atoms with E-state index in [1.165, 1.54) is 0 Å². The van der Waals surface area contributed by atoms with Gasteiger partial charge in [-0.1, -0.05) is 0 Å². The average molecular weight is 167 g/mol. The molecule has 3 heteroatoms. The third-order valence-electron chi connectivity index (χ3n) is 3.63. The molecule has 0 radical (unpaired) electrons. The fraction of sp³-hybridized carbons (Fsp3) is 0.889. The van der Waals surface area contributed by atoms with Crippen molar-refractivity contribution in [1.29, 1.82) is 0 Å². The molecule has 0 aromatic rings. The van der Waals surface area contributed by atoms with Gasteiger partial charge in [-0.3, -0.25) is 4.79 Å². The lowest BCUT2D eigenvalue weighted by atomic mass is 9.91. The second kappa shape index (κ2) is 2.02. The van der Waals surface area contributed by atoms with Crippen LogP contribution in [0.1, 0.15) is 19.3 Å². The lowest BCUT2D eigenvalue weighted by molar-refractivity contribution is -0.131. The first-order chi connectivity index (χ1) is 5.86. The van der Waals surface area contributed by atoms with E-state index in [4.69, 9.17) is 4.74 Å². The Kier molecular flexibility index (Phi) is 1.16. The molecule has 0 aromatic heterocycles. The van der Waals surface area contributed by atoms with Gasteiger partial charge in [0, 0.05) is 19.1 Å². The van der Waals surface area contributed by atoms with Crippen molar-refractivity contribution in [2.75, 3.05) is 13.2 Å². The summed E-state index contributed by atoms with van der Waals surface area (Å²) in [6.45, 7) is 1.73. The number of hydrogen-bond acceptors (Lipinski definition) is 2. The summed E-state index contributed by atoms with van der Waals surface area (Å²) in [6.07, 6.45) is 3.55. The van der Waals surface area contributed by atoms with Crippen LogP contribution in [0.3, 0.4) is 0 Å². The fourth-order valence-corrected chi connectivity index (χ4v) is 2.96. The van der Waals surface area contributed by atoms with Crippen LogP contribution >= 0.6 is 0 Å². The third-order valence-corrected chi connectivity index (χ3v) is 3.63. The third kappa shape index (κ3) is 0.600. The zero-order valence-electron chi connectivity index (χ0n) is 7.01. The molecule has 1 spiro atoms. The van der Waals surface area contributed by atoms with Crippen molar-refractivity contribution in [2.45, 2.75) is 25.4 Å². The highest BCUT2D eigenvalue weighted by molar-refractivity contribution is 5.88. The quantitative estimate of drug-likeness (QED) is 0.563. The number of rotatable bonds is 0. The first-order valence-electron chi connectivity index (χ1n) is 4.75. The highest BCUT2D eigenvalue weighted by atomic mass is 16.5. The molecule has 0 aromatic carbocycles. The first-order valence-corrected chi connectivity index (χ1v) is 4.75. The minimum absolute atomic E-state index is 0.0729. The monoisotopic (exact) mass is 167 g/mol. The molecule has 1 aliphatic carbocycles. The number of fused-ring (bicyclic) bond motifs is 3. The Bertz CT molecular complexity index is 229. The Morgan fingerprint density at radius 3 is 3.17 bits per heavy atom. The maximum atomic E-state index is 11.6. The van der Waals surface area contributed by atoms with E-state index in [0.29, 0.717) is 5.92 Å². The van der Waals surface area contributed by atoms with E-state index in [2.05, 4.69) is 5.32 Å². The molecular weight excluding hydrogens is 154 g/mol. The normalized spacial score (nSPS) is 50.5. The zero-order valence-corrected chi connectivity index (χ0v) is 7.01. The van der Waals surface area contributed by atoms with Gasteiger partial charge in [-0.2, -0.15) is 0 Å². The minimum Gasteiger partial charge on any atom is -0.377 e. The van der Waals surface area contributed by atoms with Crippen LogP contribution in [-0.2, 0) is 9.53 Å². The Hall–Kier alpha value is -0.570. The number of hydrogen-bond donors (Lipinski definition) is 1. The van der Waals surface area contributed by atoms with Crippen molar-refractivity contribution in [1.82, 2.24) is 5.32 Å². The molecule has 3 rings (SSSR count). The van der Waals surface area contributed by atoms with Gasteiger partial charge < -0.3 is 10.1 Å². The van der Waals surface area contributed by atoms with E-state index in [-0.39, 0.29) is 17.4 Å². The highest BCUT2D eigenvalue weighted by Gasteiger charge is 2.72. The van der Waals surface area contributed by atoms with E-state index in [9.17, 15) is 4.79 Å². The van der Waals surface area contributed by atoms with Crippen molar-refractivity contribution in [3.8, 4) is 0 Å². The van der Waals surface area contributed by atoms with Crippen LogP contribution in [0.4, 0.5) is 0 Å². The molecule has 12 heavy (non-hydrogen) atoms. The molecule has 1 amide bonds. The van der Waals surface area contributed by atoms with E-state index in [0.717, 1.165) is 32.4 Å². The molecule has 1 N–H and O–H groups in total. The largest absolute Gasteiger partial charge is 0.377 e. The summed E-state index contributed by atoms with van der Waals surface area (Å²) >= 11 is 0. The predicted octanol–water partition coefficient (Wildman–Crippen LogP) is 0.301. The summed E-state index contributed by atoms with van der Waals surface area (Å²) in [5, 5.41) is 2.94. The van der Waals surface area contributed by atoms with Gasteiger partial charge >= 0.3 is 0 Å². The van der Waals surface area contributed by atoms with Gasteiger partial charge in [-0.05, 0) is 19.3 Å². The Morgan fingerprint density at radius 1 is 1.58 bits per heavy atom. The molecule has 2 heterocycles. The summed E-state index contributed by atoms with van der Waals surface area (Å²) in [5.41, 5.74) is -0.0729. The minimum atomic E-state index is -0.0729. The molecule has 0 bridgehead atoms. The zero-order chi connectivity index (χ0) is 8.18.